The van der Waals surface area contributed by atoms with E-state index >= 15 is 0 Å². The zero-order valence-corrected chi connectivity index (χ0v) is 14.4. The second-order valence-electron chi connectivity index (χ2n) is 6.05. The van der Waals surface area contributed by atoms with Crippen LogP contribution >= 0.6 is 0 Å². The molecular weight excluding hydrogens is 213 g/mol. The van der Waals surface area contributed by atoms with Gasteiger partial charge in [0.25, 0.3) is 0 Å². The van der Waals surface area contributed by atoms with E-state index in [4.69, 9.17) is 0 Å². The summed E-state index contributed by atoms with van der Waals surface area (Å²) in [7, 11) is 6.51. The fourth-order valence-electron chi connectivity index (χ4n) is 1.42. The van der Waals surface area contributed by atoms with E-state index in [1.54, 1.807) is 0 Å². The second-order valence-corrected chi connectivity index (χ2v) is 7.13. The molecule has 0 atom stereocenters. The summed E-state index contributed by atoms with van der Waals surface area (Å²) in [5, 5.41) is 0. The van der Waals surface area contributed by atoms with Crippen molar-refractivity contribution in [2.24, 2.45) is 0 Å². The van der Waals surface area contributed by atoms with Gasteiger partial charge in [-0.25, -0.2) is 0 Å². The summed E-state index contributed by atoms with van der Waals surface area (Å²) in [4.78, 5) is 4.70. The van der Waals surface area contributed by atoms with Crippen molar-refractivity contribution in [3.8, 4) is 0 Å². The summed E-state index contributed by atoms with van der Waals surface area (Å²) in [5.41, 5.74) is 0.344. The van der Waals surface area contributed by atoms with Crippen molar-refractivity contribution in [2.45, 2.75) is 32.7 Å². The highest BCUT2D eigenvalue weighted by atomic mass is 27.1. The summed E-state index contributed by atoms with van der Waals surface area (Å²) in [6.07, 6.45) is 1.26. The third kappa shape index (κ3) is 8.55. The maximum atomic E-state index is 2.55. The van der Waals surface area contributed by atoms with Gasteiger partial charge in [-0.1, -0.05) is 0 Å². The smallest absolute Gasteiger partial charge is 0.322 e. The fourth-order valence-corrected chi connectivity index (χ4v) is 1.62. The van der Waals surface area contributed by atoms with Crippen LogP contribution in [0.5, 0.6) is 0 Å². The quantitative estimate of drug-likeness (QED) is 0.604. The molecule has 0 aromatic rings. The Morgan fingerprint density at radius 1 is 0.875 bits per heavy atom. The van der Waals surface area contributed by atoms with Crippen molar-refractivity contribution < 1.29 is 0 Å². The Balaban J connectivity index is 3.61. The number of hydrogen-bond donors (Lipinski definition) is 0. The van der Waals surface area contributed by atoms with Crippen LogP contribution in [0, 0.1) is 0 Å². The summed E-state index contributed by atoms with van der Waals surface area (Å²) in [6.45, 7) is 11.7. The average Bonchev–Trinajstić information content (AvgIpc) is 2.11. The van der Waals surface area contributed by atoms with Gasteiger partial charge in [-0.3, -0.25) is 0 Å². The van der Waals surface area contributed by atoms with E-state index in [0.717, 1.165) is 16.5 Å². The summed E-state index contributed by atoms with van der Waals surface area (Å²) >= 11 is 1.15. The molecule has 0 amide bonds. The molecule has 0 aromatic carbocycles. The van der Waals surface area contributed by atoms with Crippen LogP contribution in [0.3, 0.4) is 0 Å². The van der Waals surface area contributed by atoms with Crippen molar-refractivity contribution in [1.29, 1.82) is 0 Å². The molecular formula is C12H30AlN3. The first-order valence-corrected chi connectivity index (χ1v) is 7.17. The average molecular weight is 243 g/mol. The number of likely N-dealkylation sites (N-methyl/N-ethyl adjacent to an activating group) is 1. The number of rotatable bonds is 7. The lowest BCUT2D eigenvalue weighted by Crippen LogP contribution is -2.43. The van der Waals surface area contributed by atoms with Gasteiger partial charge in [0.05, 0.1) is 0 Å². The standard InChI is InChI=1S/C12H28N3.Al.2H/c1-12(2,3)13-8-11-15(6)10-7-9-14(4)5;;;/h7-11H2,1-6H3;;;/q-1;+1;;. The van der Waals surface area contributed by atoms with Gasteiger partial charge < -0.3 is 13.7 Å². The molecule has 4 heteroatoms. The van der Waals surface area contributed by atoms with E-state index in [9.17, 15) is 0 Å². The molecule has 0 spiro atoms. The predicted octanol–water partition coefficient (Wildman–Crippen LogP) is 0.519. The summed E-state index contributed by atoms with van der Waals surface area (Å²) < 4.78 is 2.55. The minimum atomic E-state index is 0.344. The first-order chi connectivity index (χ1) is 7.23. The maximum Gasteiger partial charge on any atom is 0.322 e. The molecule has 0 fully saturated rings. The first kappa shape index (κ1) is 16.4. The van der Waals surface area contributed by atoms with E-state index in [1.165, 1.54) is 32.6 Å². The van der Waals surface area contributed by atoms with Crippen LogP contribution in [0.25, 0.3) is 0 Å². The molecule has 0 heterocycles. The molecule has 0 aliphatic carbocycles. The highest BCUT2D eigenvalue weighted by Crippen LogP contribution is 2.08. The van der Waals surface area contributed by atoms with Gasteiger partial charge >= 0.3 is 16.5 Å². The Morgan fingerprint density at radius 3 is 1.88 bits per heavy atom. The Labute approximate surface area is 110 Å². The molecule has 3 nitrogen and oxygen atoms in total. The Morgan fingerprint density at radius 2 is 1.44 bits per heavy atom. The minimum Gasteiger partial charge on any atom is -0.385 e. The van der Waals surface area contributed by atoms with Gasteiger partial charge in [-0.05, 0) is 73.5 Å². The highest BCUT2D eigenvalue weighted by Gasteiger charge is 2.15. The van der Waals surface area contributed by atoms with Crippen LogP contribution in [0.2, 0.25) is 0 Å². The van der Waals surface area contributed by atoms with E-state index in [2.05, 4.69) is 55.6 Å². The topological polar surface area (TPSA) is 9.72 Å². The van der Waals surface area contributed by atoms with Gasteiger partial charge in [0, 0.05) is 6.54 Å². The molecule has 96 valence electrons. The monoisotopic (exact) mass is 243 g/mol. The van der Waals surface area contributed by atoms with Gasteiger partial charge in [0.15, 0.2) is 0 Å². The lowest BCUT2D eigenvalue weighted by atomic mass is 10.1. The lowest BCUT2D eigenvalue weighted by Gasteiger charge is -2.34. The third-order valence-electron chi connectivity index (χ3n) is 3.11. The van der Waals surface area contributed by atoms with Crippen LogP contribution in [-0.2, 0) is 0 Å². The van der Waals surface area contributed by atoms with E-state index in [1.807, 2.05) is 0 Å². The maximum absolute atomic E-state index is 2.55. The third-order valence-corrected chi connectivity index (χ3v) is 4.90. The molecule has 0 bridgehead atoms. The van der Waals surface area contributed by atoms with Gasteiger partial charge in [-0.2, -0.15) is 0 Å². The number of nitrogens with zero attached hydrogens (tertiary/aromatic N) is 3. The van der Waals surface area contributed by atoms with Crippen LogP contribution < -0.4 is 0 Å². The molecule has 0 aliphatic heterocycles. The lowest BCUT2D eigenvalue weighted by molar-refractivity contribution is 0.217. The normalized spacial score (nSPS) is 13.1. The van der Waals surface area contributed by atoms with Crippen LogP contribution in [-0.4, -0.2) is 83.1 Å². The number of hydrogen-bond acceptors (Lipinski definition) is 3. The zero-order chi connectivity index (χ0) is 12.8. The Kier molecular flexibility index (Phi) is 7.88. The van der Waals surface area contributed by atoms with Crippen molar-refractivity contribution in [3.63, 3.8) is 0 Å². The van der Waals surface area contributed by atoms with E-state index in [0.29, 0.717) is 5.54 Å². The van der Waals surface area contributed by atoms with E-state index < -0.39 is 0 Å². The molecule has 0 saturated heterocycles. The molecule has 0 aromatic heterocycles. The molecule has 0 N–H and O–H groups in total. The Hall–Kier alpha value is 0.412. The molecule has 0 rings (SSSR count). The van der Waals surface area contributed by atoms with Crippen molar-refractivity contribution in [1.82, 2.24) is 13.7 Å². The highest BCUT2D eigenvalue weighted by molar-refractivity contribution is 6.04. The predicted molar refractivity (Wildman–Crippen MR) is 75.7 cm³/mol. The molecule has 16 heavy (non-hydrogen) atoms. The van der Waals surface area contributed by atoms with E-state index in [-0.39, 0.29) is 0 Å². The summed E-state index contributed by atoms with van der Waals surface area (Å²) in [5.74, 6) is 0. The minimum absolute atomic E-state index is 0.344. The molecule has 0 aliphatic rings. The van der Waals surface area contributed by atoms with Crippen LogP contribution in [0.4, 0.5) is 0 Å². The van der Waals surface area contributed by atoms with Gasteiger partial charge in [0.2, 0.25) is 0 Å². The molecule has 0 saturated carbocycles. The fraction of sp³-hybridized carbons (Fsp3) is 1.00. The molecule has 0 radical (unpaired) electrons. The SMILES string of the molecule is CN(C)CCCN(C)CC[N]([AlH2])C(C)(C)C. The Bertz CT molecular complexity index is 178. The molecule has 0 unspecified atom stereocenters. The summed E-state index contributed by atoms with van der Waals surface area (Å²) in [6, 6.07) is 0. The first-order valence-electron chi connectivity index (χ1n) is 6.28. The van der Waals surface area contributed by atoms with Crippen molar-refractivity contribution in [3.05, 3.63) is 0 Å². The zero-order valence-electron chi connectivity index (χ0n) is 12.4. The van der Waals surface area contributed by atoms with Gasteiger partial charge in [0.1, 0.15) is 0 Å². The van der Waals surface area contributed by atoms with Crippen LogP contribution in [0.15, 0.2) is 0 Å². The second kappa shape index (κ2) is 7.68. The van der Waals surface area contributed by atoms with Crippen molar-refractivity contribution in [2.75, 3.05) is 47.3 Å². The van der Waals surface area contributed by atoms with Crippen molar-refractivity contribution >= 4 is 16.5 Å². The van der Waals surface area contributed by atoms with Crippen LogP contribution in [0.1, 0.15) is 27.2 Å². The largest absolute Gasteiger partial charge is 0.385 e. The van der Waals surface area contributed by atoms with Gasteiger partial charge in [-0.15, -0.1) is 0 Å².